The predicted molar refractivity (Wildman–Crippen MR) is 107 cm³/mol. The maximum absolute atomic E-state index is 14.0. The van der Waals surface area contributed by atoms with E-state index in [4.69, 9.17) is 28.0 Å². The second kappa shape index (κ2) is 8.24. The van der Waals surface area contributed by atoms with Crippen LogP contribution in [-0.2, 0) is 15.2 Å². The predicted octanol–water partition coefficient (Wildman–Crippen LogP) is 5.97. The van der Waals surface area contributed by atoms with Gasteiger partial charge in [-0.1, -0.05) is 47.4 Å². The molecule has 1 N–H and O–H groups in total. The van der Waals surface area contributed by atoms with E-state index in [1.807, 2.05) is 0 Å². The number of rotatable bonds is 6. The van der Waals surface area contributed by atoms with Crippen LogP contribution in [0.5, 0.6) is 0 Å². The third-order valence-corrected chi connectivity index (χ3v) is 5.03. The maximum atomic E-state index is 14.0. The normalized spacial score (nSPS) is 18.9. The minimum absolute atomic E-state index is 0.0193. The molecule has 0 radical (unpaired) electrons. The summed E-state index contributed by atoms with van der Waals surface area (Å²) >= 11 is 11.8. The molecule has 1 aliphatic heterocycles. The number of carbonyl (C=O) groups excluding carboxylic acids is 1. The molecule has 0 saturated heterocycles. The molecule has 2 aromatic carbocycles. The Morgan fingerprint density at radius 3 is 2.52 bits per heavy atom. The summed E-state index contributed by atoms with van der Waals surface area (Å²) in [6.45, 7) is 1.89. The van der Waals surface area contributed by atoms with Crippen molar-refractivity contribution in [2.75, 3.05) is 11.9 Å². The van der Waals surface area contributed by atoms with Crippen LogP contribution in [0.4, 0.5) is 18.9 Å². The number of halogens is 5. The molecule has 1 aliphatic rings. The Morgan fingerprint density at radius 2 is 1.90 bits per heavy atom. The average molecular weight is 445 g/mol. The Kier molecular flexibility index (Phi) is 6.10. The number of oxime groups is 1. The Hall–Kier alpha value is -2.25. The third-order valence-electron chi connectivity index (χ3n) is 4.59. The first-order valence-electron chi connectivity index (χ1n) is 8.79. The number of Topliss-reactive ketones (excluding diaryl/α,β-unsaturated/α-hetero) is 1. The van der Waals surface area contributed by atoms with Gasteiger partial charge in [0.1, 0.15) is 0 Å². The van der Waals surface area contributed by atoms with Crippen LogP contribution in [0.15, 0.2) is 47.6 Å². The van der Waals surface area contributed by atoms with Crippen LogP contribution in [0, 0.1) is 0 Å². The molecular formula is C20H17Cl2F3N2O2. The first kappa shape index (κ1) is 21.5. The number of alkyl halides is 3. The molecule has 0 bridgehead atoms. The van der Waals surface area contributed by atoms with Crippen molar-refractivity contribution in [3.8, 4) is 0 Å². The summed E-state index contributed by atoms with van der Waals surface area (Å²) in [5.74, 6) is 0.0193. The van der Waals surface area contributed by atoms with Crippen molar-refractivity contribution in [2.45, 2.75) is 31.5 Å². The van der Waals surface area contributed by atoms with Gasteiger partial charge in [0.15, 0.2) is 5.78 Å². The molecule has 0 spiro atoms. The molecule has 1 unspecified atom stereocenters. The number of hydrogen-bond acceptors (Lipinski definition) is 4. The first-order chi connectivity index (χ1) is 13.6. The van der Waals surface area contributed by atoms with E-state index in [0.717, 1.165) is 0 Å². The van der Waals surface area contributed by atoms with Crippen LogP contribution in [0.2, 0.25) is 10.0 Å². The molecule has 2 aromatic rings. The second-order valence-electron chi connectivity index (χ2n) is 6.62. The van der Waals surface area contributed by atoms with Crippen LogP contribution in [-0.4, -0.2) is 24.2 Å². The number of hydrogen-bond donors (Lipinski definition) is 1. The molecule has 3 rings (SSSR count). The van der Waals surface area contributed by atoms with Gasteiger partial charge in [0.05, 0.1) is 12.3 Å². The third kappa shape index (κ3) is 4.51. The fraction of sp³-hybridized carbons (Fsp3) is 0.300. The summed E-state index contributed by atoms with van der Waals surface area (Å²) in [6.07, 6.45) is -4.90. The van der Waals surface area contributed by atoms with Crippen molar-refractivity contribution in [1.29, 1.82) is 0 Å². The summed E-state index contributed by atoms with van der Waals surface area (Å²) in [7, 11) is 0. The zero-order chi connectivity index (χ0) is 21.2. The molecule has 1 heterocycles. The van der Waals surface area contributed by atoms with E-state index in [0.29, 0.717) is 17.7 Å². The van der Waals surface area contributed by atoms with Gasteiger partial charge in [-0.3, -0.25) is 4.79 Å². The largest absolute Gasteiger partial charge is 0.435 e. The minimum atomic E-state index is -4.75. The lowest BCUT2D eigenvalue weighted by Gasteiger charge is -2.29. The highest BCUT2D eigenvalue weighted by molar-refractivity contribution is 6.34. The standard InChI is InChI=1S/C20H17Cl2F3N2O2/c1-2-17(28)11-26-16-5-3-4-12(6-16)18-10-19(29-27-18,20(23,24)25)13-7-14(21)9-15(22)8-13/h3-9,26H,2,10-11H2,1H3. The van der Waals surface area contributed by atoms with Crippen molar-refractivity contribution in [2.24, 2.45) is 5.16 Å². The van der Waals surface area contributed by atoms with Gasteiger partial charge < -0.3 is 10.2 Å². The SMILES string of the molecule is CCC(=O)CNc1cccc(C2=NOC(c3cc(Cl)cc(Cl)c3)(C(F)(F)F)C2)c1. The van der Waals surface area contributed by atoms with Crippen molar-refractivity contribution in [3.05, 3.63) is 63.6 Å². The quantitative estimate of drug-likeness (QED) is 0.597. The summed E-state index contributed by atoms with van der Waals surface area (Å²) in [5.41, 5.74) is -1.72. The number of nitrogens with zero attached hydrogens (tertiary/aromatic N) is 1. The number of carbonyl (C=O) groups is 1. The van der Waals surface area contributed by atoms with Gasteiger partial charge in [0.2, 0.25) is 0 Å². The van der Waals surface area contributed by atoms with E-state index in [1.54, 1.807) is 31.2 Å². The van der Waals surface area contributed by atoms with E-state index in [1.165, 1.54) is 18.2 Å². The summed E-state index contributed by atoms with van der Waals surface area (Å²) < 4.78 is 42.1. The molecule has 0 aromatic heterocycles. The lowest BCUT2D eigenvalue weighted by atomic mass is 9.86. The lowest BCUT2D eigenvalue weighted by molar-refractivity contribution is -0.275. The summed E-state index contributed by atoms with van der Waals surface area (Å²) in [6, 6.07) is 10.3. The summed E-state index contributed by atoms with van der Waals surface area (Å²) in [4.78, 5) is 16.5. The number of nitrogens with one attached hydrogen (secondary N) is 1. The van der Waals surface area contributed by atoms with Gasteiger partial charge in [-0.05, 0) is 30.3 Å². The highest BCUT2D eigenvalue weighted by Gasteiger charge is 2.62. The topological polar surface area (TPSA) is 50.7 Å². The Bertz CT molecular complexity index is 943. The van der Waals surface area contributed by atoms with Crippen LogP contribution in [0.1, 0.15) is 30.9 Å². The molecule has 0 amide bonds. The smallest absolute Gasteiger partial charge is 0.378 e. The van der Waals surface area contributed by atoms with Crippen molar-refractivity contribution < 1.29 is 22.8 Å². The second-order valence-corrected chi connectivity index (χ2v) is 7.49. The number of benzene rings is 2. The van der Waals surface area contributed by atoms with Crippen molar-refractivity contribution in [1.82, 2.24) is 0 Å². The maximum Gasteiger partial charge on any atom is 0.435 e. The van der Waals surface area contributed by atoms with E-state index in [9.17, 15) is 18.0 Å². The Balaban J connectivity index is 1.90. The van der Waals surface area contributed by atoms with E-state index in [-0.39, 0.29) is 33.6 Å². The molecule has 154 valence electrons. The van der Waals surface area contributed by atoms with Gasteiger partial charge in [-0.2, -0.15) is 13.2 Å². The van der Waals surface area contributed by atoms with E-state index in [2.05, 4.69) is 10.5 Å². The van der Waals surface area contributed by atoms with Gasteiger partial charge in [0.25, 0.3) is 5.60 Å². The molecule has 0 aliphatic carbocycles. The van der Waals surface area contributed by atoms with Crippen LogP contribution in [0.3, 0.4) is 0 Å². The van der Waals surface area contributed by atoms with Crippen LogP contribution >= 0.6 is 23.2 Å². The van der Waals surface area contributed by atoms with Crippen LogP contribution in [0.25, 0.3) is 0 Å². The van der Waals surface area contributed by atoms with Gasteiger partial charge in [-0.15, -0.1) is 0 Å². The molecule has 1 atom stereocenters. The zero-order valence-corrected chi connectivity index (χ0v) is 16.8. The molecular weight excluding hydrogens is 428 g/mol. The zero-order valence-electron chi connectivity index (χ0n) is 15.3. The van der Waals surface area contributed by atoms with Crippen LogP contribution < -0.4 is 5.32 Å². The Labute approximate surface area is 175 Å². The molecule has 0 saturated carbocycles. The average Bonchev–Trinajstić information content (AvgIpc) is 3.12. The van der Waals surface area contributed by atoms with Gasteiger partial charge in [0, 0.05) is 39.7 Å². The lowest BCUT2D eigenvalue weighted by Crippen LogP contribution is -2.42. The molecule has 4 nitrogen and oxygen atoms in total. The number of ketones is 1. The summed E-state index contributed by atoms with van der Waals surface area (Å²) in [5, 5.41) is 6.82. The fourth-order valence-corrected chi connectivity index (χ4v) is 3.51. The minimum Gasteiger partial charge on any atom is -0.378 e. The highest BCUT2D eigenvalue weighted by Crippen LogP contribution is 2.49. The Morgan fingerprint density at radius 1 is 1.21 bits per heavy atom. The molecule has 9 heteroatoms. The van der Waals surface area contributed by atoms with Gasteiger partial charge >= 0.3 is 6.18 Å². The monoisotopic (exact) mass is 444 g/mol. The van der Waals surface area contributed by atoms with Gasteiger partial charge in [-0.25, -0.2) is 0 Å². The van der Waals surface area contributed by atoms with Crippen molar-refractivity contribution in [3.63, 3.8) is 0 Å². The highest BCUT2D eigenvalue weighted by atomic mass is 35.5. The van der Waals surface area contributed by atoms with E-state index < -0.39 is 18.2 Å². The molecule has 29 heavy (non-hydrogen) atoms. The fourth-order valence-electron chi connectivity index (χ4n) is 2.98. The van der Waals surface area contributed by atoms with Crippen molar-refractivity contribution >= 4 is 40.4 Å². The number of anilines is 1. The molecule has 0 fully saturated rings. The van der Waals surface area contributed by atoms with E-state index >= 15 is 0 Å². The first-order valence-corrected chi connectivity index (χ1v) is 9.54.